The van der Waals surface area contributed by atoms with Gasteiger partial charge < -0.3 is 14.7 Å². The molecule has 1 aliphatic carbocycles. The lowest BCUT2D eigenvalue weighted by Crippen LogP contribution is -2.54. The van der Waals surface area contributed by atoms with Gasteiger partial charge in [0, 0.05) is 43.5 Å². The highest BCUT2D eigenvalue weighted by atomic mass is 16.5. The van der Waals surface area contributed by atoms with Crippen LogP contribution in [-0.2, 0) is 16.8 Å². The monoisotopic (exact) mass is 451 g/mol. The molecule has 1 spiro atoms. The Morgan fingerprint density at radius 3 is 2.52 bits per heavy atom. The fourth-order valence-corrected chi connectivity index (χ4v) is 5.97. The van der Waals surface area contributed by atoms with Crippen LogP contribution in [0.4, 0.5) is 5.82 Å². The maximum atomic E-state index is 10.9. The van der Waals surface area contributed by atoms with Crippen LogP contribution in [0.15, 0.2) is 48.7 Å². The number of ether oxygens (including phenoxy) is 1. The van der Waals surface area contributed by atoms with Crippen LogP contribution in [0.1, 0.15) is 36.8 Å². The Balaban J connectivity index is 1.26. The first-order valence-electron chi connectivity index (χ1n) is 12.2. The highest BCUT2D eigenvalue weighted by Crippen LogP contribution is 2.46. The van der Waals surface area contributed by atoms with Crippen molar-refractivity contribution in [1.82, 2.24) is 20.1 Å². The molecule has 1 saturated carbocycles. The first kappa shape index (κ1) is 22.7. The second kappa shape index (κ2) is 9.31. The van der Waals surface area contributed by atoms with E-state index in [4.69, 9.17) is 4.74 Å². The van der Waals surface area contributed by atoms with E-state index in [1.165, 1.54) is 11.1 Å². The number of nitrogens with zero attached hydrogens (tertiary/aromatic N) is 4. The Bertz CT molecular complexity index is 923. The van der Waals surface area contributed by atoms with Gasteiger partial charge >= 0.3 is 0 Å². The van der Waals surface area contributed by atoms with Crippen LogP contribution >= 0.6 is 0 Å². The number of hydrogen-bond donors (Lipinski definition) is 2. The summed E-state index contributed by atoms with van der Waals surface area (Å²) in [7, 11) is 4.40. The number of morpholine rings is 1. The van der Waals surface area contributed by atoms with Crippen LogP contribution in [0.2, 0.25) is 0 Å². The van der Waals surface area contributed by atoms with E-state index in [1.807, 2.05) is 6.20 Å². The third-order valence-electron chi connectivity index (χ3n) is 8.02. The topological polar surface area (TPSA) is 64.1 Å². The highest BCUT2D eigenvalue weighted by Gasteiger charge is 2.49. The van der Waals surface area contributed by atoms with Gasteiger partial charge in [-0.3, -0.25) is 15.1 Å². The number of anilines is 1. The molecule has 3 heterocycles. The van der Waals surface area contributed by atoms with E-state index in [2.05, 4.69) is 81.6 Å². The second-order valence-electron chi connectivity index (χ2n) is 10.1. The quantitative estimate of drug-likeness (QED) is 0.724. The predicted octanol–water partition coefficient (Wildman–Crippen LogP) is 2.37. The van der Waals surface area contributed by atoms with Crippen molar-refractivity contribution in [2.24, 2.45) is 0 Å². The number of hydrogen-bond acceptors (Lipinski definition) is 7. The van der Waals surface area contributed by atoms with E-state index in [9.17, 15) is 5.11 Å². The van der Waals surface area contributed by atoms with Crippen LogP contribution in [-0.4, -0.2) is 78.7 Å². The van der Waals surface area contributed by atoms with Crippen LogP contribution in [0.25, 0.3) is 0 Å². The molecule has 1 aromatic carbocycles. The zero-order valence-electron chi connectivity index (χ0n) is 19.9. The molecule has 3 fully saturated rings. The predicted molar refractivity (Wildman–Crippen MR) is 130 cm³/mol. The number of aliphatic hydroxyl groups is 1. The molecule has 3 aliphatic rings. The van der Waals surface area contributed by atoms with Crippen molar-refractivity contribution in [3.8, 4) is 0 Å². The molecule has 2 saturated heterocycles. The Morgan fingerprint density at radius 1 is 1.09 bits per heavy atom. The summed E-state index contributed by atoms with van der Waals surface area (Å²) in [4.78, 5) is 11.4. The molecule has 0 amide bonds. The zero-order chi connectivity index (χ0) is 22.9. The Labute approximate surface area is 197 Å². The molecule has 2 N–H and O–H groups in total. The van der Waals surface area contributed by atoms with Gasteiger partial charge in [-0.1, -0.05) is 30.3 Å². The van der Waals surface area contributed by atoms with Crippen molar-refractivity contribution in [1.29, 1.82) is 0 Å². The van der Waals surface area contributed by atoms with Gasteiger partial charge in [0.2, 0.25) is 0 Å². The molecular weight excluding hydrogens is 414 g/mol. The third kappa shape index (κ3) is 4.53. The Kier molecular flexibility index (Phi) is 6.42. The van der Waals surface area contributed by atoms with Crippen LogP contribution in [0, 0.1) is 0 Å². The number of aliphatic hydroxyl groups excluding tert-OH is 1. The summed E-state index contributed by atoms with van der Waals surface area (Å²) >= 11 is 0. The maximum absolute atomic E-state index is 10.9. The fraction of sp³-hybridized carbons (Fsp3) is 0.577. The standard InChI is InChI=1S/C26H37N5O2/c1-29(2)26(22-6-4-3-5-7-22)11-9-25(10-12-26)20-31(24(32)28-25)19-21-8-13-27-23(18-21)30-14-16-33-17-15-30/h3-8,13,18,24,28,32H,9-12,14-17,19-20H2,1-2H3. The second-order valence-corrected chi connectivity index (χ2v) is 10.1. The average Bonchev–Trinajstić information content (AvgIpc) is 3.15. The lowest BCUT2D eigenvalue weighted by atomic mass is 9.69. The number of nitrogens with one attached hydrogen (secondary N) is 1. The molecule has 0 bridgehead atoms. The Morgan fingerprint density at radius 2 is 1.82 bits per heavy atom. The molecule has 5 rings (SSSR count). The minimum Gasteiger partial charge on any atom is -0.378 e. The van der Waals surface area contributed by atoms with Gasteiger partial charge in [0.05, 0.1) is 13.2 Å². The van der Waals surface area contributed by atoms with E-state index in [0.29, 0.717) is 6.54 Å². The van der Waals surface area contributed by atoms with Crippen LogP contribution in [0.5, 0.6) is 0 Å². The number of benzene rings is 1. The summed E-state index contributed by atoms with van der Waals surface area (Å²) in [6.07, 6.45) is 5.51. The average molecular weight is 452 g/mol. The summed E-state index contributed by atoms with van der Waals surface area (Å²) in [5, 5.41) is 14.5. The Hall–Kier alpha value is -2.03. The van der Waals surface area contributed by atoms with E-state index in [1.54, 1.807) is 0 Å². The number of pyridine rings is 1. The molecule has 1 unspecified atom stereocenters. The summed E-state index contributed by atoms with van der Waals surface area (Å²) in [6.45, 7) is 4.83. The molecule has 33 heavy (non-hydrogen) atoms. The van der Waals surface area contributed by atoms with E-state index in [0.717, 1.165) is 64.3 Å². The van der Waals surface area contributed by atoms with Crippen molar-refractivity contribution in [2.75, 3.05) is 51.8 Å². The van der Waals surface area contributed by atoms with E-state index in [-0.39, 0.29) is 11.1 Å². The summed E-state index contributed by atoms with van der Waals surface area (Å²) in [6, 6.07) is 15.1. The van der Waals surface area contributed by atoms with Gasteiger partial charge in [0.15, 0.2) is 6.35 Å². The van der Waals surface area contributed by atoms with Crippen LogP contribution in [0.3, 0.4) is 0 Å². The van der Waals surface area contributed by atoms with Crippen molar-refractivity contribution in [3.05, 3.63) is 59.8 Å². The molecule has 2 aliphatic heterocycles. The minimum atomic E-state index is -0.617. The zero-order valence-corrected chi connectivity index (χ0v) is 19.9. The van der Waals surface area contributed by atoms with Crippen molar-refractivity contribution >= 4 is 5.82 Å². The first-order chi connectivity index (χ1) is 16.0. The number of aromatic nitrogens is 1. The molecular formula is C26H37N5O2. The normalized spacial score (nSPS) is 30.9. The third-order valence-corrected chi connectivity index (χ3v) is 8.02. The summed E-state index contributed by atoms with van der Waals surface area (Å²) in [5.74, 6) is 1.00. The molecule has 7 nitrogen and oxygen atoms in total. The fourth-order valence-electron chi connectivity index (χ4n) is 5.97. The molecule has 7 heteroatoms. The first-order valence-corrected chi connectivity index (χ1v) is 12.2. The summed E-state index contributed by atoms with van der Waals surface area (Å²) < 4.78 is 5.47. The van der Waals surface area contributed by atoms with E-state index >= 15 is 0 Å². The molecule has 1 aromatic heterocycles. The van der Waals surface area contributed by atoms with E-state index < -0.39 is 6.35 Å². The van der Waals surface area contributed by atoms with Crippen LogP contribution < -0.4 is 10.2 Å². The van der Waals surface area contributed by atoms with Gasteiger partial charge in [-0.15, -0.1) is 0 Å². The van der Waals surface area contributed by atoms with Gasteiger partial charge in [-0.2, -0.15) is 0 Å². The molecule has 2 aromatic rings. The van der Waals surface area contributed by atoms with Gasteiger partial charge in [-0.05, 0) is 63.0 Å². The van der Waals surface area contributed by atoms with Gasteiger partial charge in [0.1, 0.15) is 5.82 Å². The van der Waals surface area contributed by atoms with Crippen molar-refractivity contribution in [2.45, 2.75) is 49.7 Å². The lowest BCUT2D eigenvalue weighted by molar-refractivity contribution is 0.0126. The van der Waals surface area contributed by atoms with Gasteiger partial charge in [-0.25, -0.2) is 4.98 Å². The minimum absolute atomic E-state index is 0.0340. The smallest absolute Gasteiger partial charge is 0.163 e. The summed E-state index contributed by atoms with van der Waals surface area (Å²) in [5.41, 5.74) is 2.61. The lowest BCUT2D eigenvalue weighted by Gasteiger charge is -2.49. The molecule has 178 valence electrons. The SMILES string of the molecule is CN(C)C1(c2ccccc2)CCC2(CC1)CN(Cc1ccnc(N3CCOCC3)c1)C(O)N2. The molecule has 1 atom stereocenters. The number of rotatable bonds is 5. The largest absolute Gasteiger partial charge is 0.378 e. The van der Waals surface area contributed by atoms with Crippen molar-refractivity contribution in [3.63, 3.8) is 0 Å². The highest BCUT2D eigenvalue weighted by molar-refractivity contribution is 5.41. The molecule has 0 radical (unpaired) electrons. The van der Waals surface area contributed by atoms with Gasteiger partial charge in [0.25, 0.3) is 0 Å². The maximum Gasteiger partial charge on any atom is 0.163 e. The van der Waals surface area contributed by atoms with Crippen molar-refractivity contribution < 1.29 is 9.84 Å².